The minimum atomic E-state index is -0.309. The molecule has 0 bridgehead atoms. The van der Waals surface area contributed by atoms with Crippen LogP contribution in [0.25, 0.3) is 0 Å². The topological polar surface area (TPSA) is 56.6 Å². The summed E-state index contributed by atoms with van der Waals surface area (Å²) in [6, 6.07) is 15.2. The van der Waals surface area contributed by atoms with Gasteiger partial charge in [-0.1, -0.05) is 18.2 Å². The van der Waals surface area contributed by atoms with Crippen LogP contribution >= 0.6 is 0 Å². The van der Waals surface area contributed by atoms with Gasteiger partial charge < -0.3 is 9.64 Å². The van der Waals surface area contributed by atoms with Crippen molar-refractivity contribution in [2.75, 3.05) is 18.0 Å². The first-order valence-corrected chi connectivity index (χ1v) is 8.60. The zero-order valence-electron chi connectivity index (χ0n) is 13.9. The van der Waals surface area contributed by atoms with Gasteiger partial charge in [-0.2, -0.15) is 5.26 Å². The number of ether oxygens (including phenoxy) is 1. The molecular formula is C20H19N3O2. The van der Waals surface area contributed by atoms with Gasteiger partial charge in [-0.25, -0.2) is 0 Å². The van der Waals surface area contributed by atoms with Crippen LogP contribution in [0, 0.1) is 11.5 Å². The van der Waals surface area contributed by atoms with Crippen molar-refractivity contribution in [2.24, 2.45) is 0 Å². The number of carbonyl (C=O) groups excluding carboxylic acids is 1. The summed E-state index contributed by atoms with van der Waals surface area (Å²) in [6.45, 7) is 1.34. The van der Waals surface area contributed by atoms with Crippen LogP contribution in [0.4, 0.5) is 5.69 Å². The highest BCUT2D eigenvalue weighted by Crippen LogP contribution is 2.34. The summed E-state index contributed by atoms with van der Waals surface area (Å²) >= 11 is 0. The van der Waals surface area contributed by atoms with Crippen LogP contribution in [0.1, 0.15) is 18.4 Å². The van der Waals surface area contributed by atoms with Gasteiger partial charge in [-0.15, -0.1) is 0 Å². The monoisotopic (exact) mass is 333 g/mol. The molecule has 1 unspecified atom stereocenters. The predicted molar refractivity (Wildman–Crippen MR) is 94.4 cm³/mol. The molecule has 0 radical (unpaired) electrons. The van der Waals surface area contributed by atoms with Crippen molar-refractivity contribution in [2.45, 2.75) is 25.3 Å². The molecule has 5 nitrogen and oxygen atoms in total. The van der Waals surface area contributed by atoms with Crippen molar-refractivity contribution in [3.05, 3.63) is 54.1 Å². The van der Waals surface area contributed by atoms with E-state index in [1.54, 1.807) is 4.90 Å². The number of anilines is 1. The average molecular weight is 333 g/mol. The van der Waals surface area contributed by atoms with E-state index in [0.717, 1.165) is 42.0 Å². The van der Waals surface area contributed by atoms with Crippen molar-refractivity contribution in [3.63, 3.8) is 0 Å². The summed E-state index contributed by atoms with van der Waals surface area (Å²) in [7, 11) is 0. The summed E-state index contributed by atoms with van der Waals surface area (Å²) in [5.41, 5.74) is 2.05. The summed E-state index contributed by atoms with van der Waals surface area (Å²) < 4.78 is 5.88. The number of likely N-dealkylation sites (tertiary alicyclic amines) is 1. The number of benzene rings is 2. The third-order valence-corrected chi connectivity index (χ3v) is 4.86. The Bertz CT molecular complexity index is 829. The highest BCUT2D eigenvalue weighted by molar-refractivity contribution is 5.99. The first kappa shape index (κ1) is 15.5. The molecule has 0 N–H and O–H groups in total. The van der Waals surface area contributed by atoms with Crippen molar-refractivity contribution in [1.82, 2.24) is 4.90 Å². The Kier molecular flexibility index (Phi) is 4.02. The number of nitrogens with zero attached hydrogens (tertiary/aromatic N) is 3. The molecule has 1 atom stereocenters. The van der Waals surface area contributed by atoms with Gasteiger partial charge in [0.15, 0.2) is 6.19 Å². The number of carbonyl (C=O) groups is 1. The molecule has 0 spiro atoms. The lowest BCUT2D eigenvalue weighted by atomic mass is 10.1. The normalized spacial score (nSPS) is 18.8. The van der Waals surface area contributed by atoms with Crippen molar-refractivity contribution in [1.29, 1.82) is 5.26 Å². The van der Waals surface area contributed by atoms with Gasteiger partial charge in [0.25, 0.3) is 0 Å². The first-order valence-electron chi connectivity index (χ1n) is 8.60. The number of nitriles is 1. The molecule has 5 heteroatoms. The highest BCUT2D eigenvalue weighted by atomic mass is 16.5. The zero-order valence-corrected chi connectivity index (χ0v) is 13.9. The third kappa shape index (κ3) is 2.91. The van der Waals surface area contributed by atoms with Crippen LogP contribution < -0.4 is 9.64 Å². The van der Waals surface area contributed by atoms with Crippen molar-refractivity contribution >= 4 is 11.6 Å². The number of hydrogen-bond donors (Lipinski definition) is 0. The van der Waals surface area contributed by atoms with Gasteiger partial charge in [0, 0.05) is 18.8 Å². The molecule has 1 saturated heterocycles. The Morgan fingerprint density at radius 1 is 1.12 bits per heavy atom. The molecule has 0 saturated carbocycles. The van der Waals surface area contributed by atoms with Crippen LogP contribution in [-0.4, -0.2) is 29.9 Å². The molecule has 2 aliphatic heterocycles. The van der Waals surface area contributed by atoms with E-state index in [4.69, 9.17) is 4.74 Å². The van der Waals surface area contributed by atoms with Crippen LogP contribution in [0.3, 0.4) is 0 Å². The lowest BCUT2D eigenvalue weighted by Gasteiger charge is -2.24. The minimum Gasteiger partial charge on any atom is -0.457 e. The van der Waals surface area contributed by atoms with Crippen LogP contribution in [0.5, 0.6) is 11.5 Å². The van der Waals surface area contributed by atoms with E-state index in [0.29, 0.717) is 13.1 Å². The van der Waals surface area contributed by atoms with Crippen LogP contribution in [0.15, 0.2) is 48.5 Å². The van der Waals surface area contributed by atoms with E-state index >= 15 is 0 Å². The largest absolute Gasteiger partial charge is 0.457 e. The van der Waals surface area contributed by atoms with E-state index in [-0.39, 0.29) is 11.9 Å². The van der Waals surface area contributed by atoms with E-state index in [1.807, 2.05) is 53.4 Å². The van der Waals surface area contributed by atoms with E-state index in [9.17, 15) is 10.1 Å². The molecule has 2 heterocycles. The quantitative estimate of drug-likeness (QED) is 0.809. The Labute approximate surface area is 147 Å². The molecule has 2 aliphatic rings. The molecule has 0 aliphatic carbocycles. The number of hydrogen-bond acceptors (Lipinski definition) is 4. The van der Waals surface area contributed by atoms with Gasteiger partial charge in [0.05, 0.1) is 0 Å². The fraction of sp³-hybridized carbons (Fsp3) is 0.300. The SMILES string of the molecule is N#CN1CCCC1C(=O)N1CCc2cc(Oc3ccccc3)ccc21. The average Bonchev–Trinajstić information content (AvgIpc) is 3.28. The number of fused-ring (bicyclic) bond motifs is 1. The Morgan fingerprint density at radius 2 is 1.96 bits per heavy atom. The molecular weight excluding hydrogens is 314 g/mol. The van der Waals surface area contributed by atoms with E-state index in [2.05, 4.69) is 6.19 Å². The van der Waals surface area contributed by atoms with Crippen molar-refractivity contribution < 1.29 is 9.53 Å². The Hall–Kier alpha value is -3.00. The van der Waals surface area contributed by atoms with Gasteiger partial charge in [0.1, 0.15) is 17.5 Å². The predicted octanol–water partition coefficient (Wildman–Crippen LogP) is 3.31. The molecule has 2 aromatic carbocycles. The molecule has 4 rings (SSSR count). The van der Waals surface area contributed by atoms with E-state index < -0.39 is 0 Å². The summed E-state index contributed by atoms with van der Waals surface area (Å²) in [4.78, 5) is 16.3. The summed E-state index contributed by atoms with van der Waals surface area (Å²) in [5, 5.41) is 9.19. The van der Waals surface area contributed by atoms with Crippen LogP contribution in [0.2, 0.25) is 0 Å². The Morgan fingerprint density at radius 3 is 2.76 bits per heavy atom. The summed E-state index contributed by atoms with van der Waals surface area (Å²) in [6.07, 6.45) is 4.61. The van der Waals surface area contributed by atoms with Gasteiger partial charge in [-0.3, -0.25) is 9.69 Å². The van der Waals surface area contributed by atoms with Crippen LogP contribution in [-0.2, 0) is 11.2 Å². The second-order valence-electron chi connectivity index (χ2n) is 6.40. The van der Waals surface area contributed by atoms with Gasteiger partial charge in [0.2, 0.25) is 5.91 Å². The van der Waals surface area contributed by atoms with Gasteiger partial charge in [-0.05, 0) is 55.2 Å². The van der Waals surface area contributed by atoms with Crippen molar-refractivity contribution in [3.8, 4) is 17.7 Å². The fourth-order valence-corrected chi connectivity index (χ4v) is 3.62. The second kappa shape index (κ2) is 6.48. The molecule has 2 aromatic rings. The lowest BCUT2D eigenvalue weighted by Crippen LogP contribution is -2.43. The molecule has 126 valence electrons. The number of amides is 1. The van der Waals surface area contributed by atoms with E-state index in [1.165, 1.54) is 0 Å². The maximum absolute atomic E-state index is 12.9. The molecule has 1 amide bonds. The number of rotatable bonds is 3. The lowest BCUT2D eigenvalue weighted by molar-refractivity contribution is -0.121. The molecule has 25 heavy (non-hydrogen) atoms. The second-order valence-corrected chi connectivity index (χ2v) is 6.40. The number of para-hydroxylation sites is 1. The maximum atomic E-state index is 12.9. The zero-order chi connectivity index (χ0) is 17.2. The summed E-state index contributed by atoms with van der Waals surface area (Å²) in [5.74, 6) is 1.61. The minimum absolute atomic E-state index is 0.0366. The fourth-order valence-electron chi connectivity index (χ4n) is 3.62. The third-order valence-electron chi connectivity index (χ3n) is 4.86. The maximum Gasteiger partial charge on any atom is 0.250 e. The standard InChI is InChI=1S/C20H19N3O2/c21-14-22-11-4-7-19(22)20(24)23-12-10-15-13-17(8-9-18(15)23)25-16-5-2-1-3-6-16/h1-3,5-6,8-9,13,19H,4,7,10-12H2. The molecule has 0 aromatic heterocycles. The highest BCUT2D eigenvalue weighted by Gasteiger charge is 2.36. The Balaban J connectivity index is 1.53. The molecule has 1 fully saturated rings. The smallest absolute Gasteiger partial charge is 0.250 e. The van der Waals surface area contributed by atoms with Gasteiger partial charge >= 0.3 is 0 Å². The first-order chi connectivity index (χ1) is 12.3.